The van der Waals surface area contributed by atoms with Crippen molar-refractivity contribution in [3.63, 3.8) is 0 Å². The fourth-order valence-electron chi connectivity index (χ4n) is 1.34. The molecule has 0 heterocycles. The van der Waals surface area contributed by atoms with Crippen molar-refractivity contribution in [2.45, 2.75) is 18.9 Å². The summed E-state index contributed by atoms with van der Waals surface area (Å²) < 4.78 is 5.64. The van der Waals surface area contributed by atoms with Gasteiger partial charge in [-0.25, -0.2) is 0 Å². The van der Waals surface area contributed by atoms with Crippen LogP contribution in [0.4, 0.5) is 0 Å². The first-order chi connectivity index (χ1) is 7.29. The molecule has 1 aliphatic carbocycles. The summed E-state index contributed by atoms with van der Waals surface area (Å²) in [5.74, 6) is 1.53. The van der Waals surface area contributed by atoms with Crippen LogP contribution in [0.25, 0.3) is 0 Å². The largest absolute Gasteiger partial charge is 0.490 e. The molecule has 80 valence electrons. The van der Waals surface area contributed by atoms with Crippen LogP contribution in [0.5, 0.6) is 5.75 Å². The van der Waals surface area contributed by atoms with E-state index in [2.05, 4.69) is 0 Å². The average Bonchev–Trinajstić information content (AvgIpc) is 3.03. The third kappa shape index (κ3) is 2.99. The Bertz CT molecular complexity index is 358. The molecule has 2 nitrogen and oxygen atoms in total. The Balaban J connectivity index is 2.06. The van der Waals surface area contributed by atoms with Crippen molar-refractivity contribution in [2.75, 3.05) is 12.0 Å². The Morgan fingerprint density at radius 1 is 1.53 bits per heavy atom. The number of rotatable bonds is 5. The van der Waals surface area contributed by atoms with Gasteiger partial charge in [0, 0.05) is 5.56 Å². The molecule has 1 aliphatic rings. The molecule has 0 N–H and O–H groups in total. The molecular weight excluding hydrogens is 208 g/mol. The number of hydrogen-bond acceptors (Lipinski definition) is 3. The summed E-state index contributed by atoms with van der Waals surface area (Å²) >= 11 is 1.55. The van der Waals surface area contributed by atoms with Crippen LogP contribution in [0.1, 0.15) is 23.2 Å². The molecule has 2 rings (SSSR count). The molecule has 0 spiro atoms. The lowest BCUT2D eigenvalue weighted by Gasteiger charge is -2.05. The number of ether oxygens (including phenoxy) is 1. The standard InChI is InChI=1S/C12H14O2S/c1-15-8-12(13)9-3-2-4-11(7-9)14-10-5-6-10/h2-4,7,10H,5-6,8H2,1H3. The number of ketones is 1. The van der Waals surface area contributed by atoms with Crippen molar-refractivity contribution in [3.8, 4) is 5.75 Å². The van der Waals surface area contributed by atoms with Crippen LogP contribution in [0, 0.1) is 0 Å². The summed E-state index contributed by atoms with van der Waals surface area (Å²) in [6.45, 7) is 0. The molecule has 0 amide bonds. The molecule has 0 aliphatic heterocycles. The van der Waals surface area contributed by atoms with E-state index in [1.807, 2.05) is 30.5 Å². The maximum absolute atomic E-state index is 11.6. The predicted octanol–water partition coefficient (Wildman–Crippen LogP) is 2.77. The highest BCUT2D eigenvalue weighted by Gasteiger charge is 2.23. The van der Waals surface area contributed by atoms with E-state index in [4.69, 9.17) is 4.74 Å². The highest BCUT2D eigenvalue weighted by molar-refractivity contribution is 7.99. The Morgan fingerprint density at radius 3 is 3.00 bits per heavy atom. The molecule has 0 saturated heterocycles. The van der Waals surface area contributed by atoms with E-state index in [1.165, 1.54) is 0 Å². The zero-order chi connectivity index (χ0) is 10.7. The van der Waals surface area contributed by atoms with Crippen LogP contribution in [-0.4, -0.2) is 23.9 Å². The van der Waals surface area contributed by atoms with Gasteiger partial charge in [0.2, 0.25) is 0 Å². The normalized spacial score (nSPS) is 15.0. The highest BCUT2D eigenvalue weighted by atomic mass is 32.2. The van der Waals surface area contributed by atoms with Crippen LogP contribution in [-0.2, 0) is 0 Å². The van der Waals surface area contributed by atoms with Crippen molar-refractivity contribution in [2.24, 2.45) is 0 Å². The van der Waals surface area contributed by atoms with Gasteiger partial charge < -0.3 is 4.74 Å². The van der Waals surface area contributed by atoms with E-state index in [-0.39, 0.29) is 5.78 Å². The van der Waals surface area contributed by atoms with Gasteiger partial charge in [-0.2, -0.15) is 11.8 Å². The second-order valence-electron chi connectivity index (χ2n) is 3.70. The van der Waals surface area contributed by atoms with Gasteiger partial charge in [0.25, 0.3) is 0 Å². The van der Waals surface area contributed by atoms with Crippen LogP contribution in [0.3, 0.4) is 0 Å². The molecule has 15 heavy (non-hydrogen) atoms. The van der Waals surface area contributed by atoms with E-state index >= 15 is 0 Å². The van der Waals surface area contributed by atoms with Crippen molar-refractivity contribution in [1.29, 1.82) is 0 Å². The van der Waals surface area contributed by atoms with Crippen LogP contribution >= 0.6 is 11.8 Å². The van der Waals surface area contributed by atoms with E-state index in [0.29, 0.717) is 11.9 Å². The first-order valence-electron chi connectivity index (χ1n) is 5.08. The van der Waals surface area contributed by atoms with Crippen molar-refractivity contribution < 1.29 is 9.53 Å². The second kappa shape index (κ2) is 4.71. The SMILES string of the molecule is CSCC(=O)c1cccc(OC2CC2)c1. The number of benzene rings is 1. The zero-order valence-electron chi connectivity index (χ0n) is 8.73. The highest BCUT2D eigenvalue weighted by Crippen LogP contribution is 2.27. The smallest absolute Gasteiger partial charge is 0.172 e. The lowest BCUT2D eigenvalue weighted by molar-refractivity contribution is 0.102. The van der Waals surface area contributed by atoms with Gasteiger partial charge in [-0.15, -0.1) is 0 Å². The fraction of sp³-hybridized carbons (Fsp3) is 0.417. The number of thioether (sulfide) groups is 1. The summed E-state index contributed by atoms with van der Waals surface area (Å²) in [6, 6.07) is 7.48. The topological polar surface area (TPSA) is 26.3 Å². The first kappa shape index (κ1) is 10.6. The fourth-order valence-corrected chi connectivity index (χ4v) is 1.76. The van der Waals surface area contributed by atoms with Crippen LogP contribution < -0.4 is 4.74 Å². The molecule has 0 atom stereocenters. The van der Waals surface area contributed by atoms with Crippen molar-refractivity contribution >= 4 is 17.5 Å². The Labute approximate surface area is 94.0 Å². The number of carbonyl (C=O) groups is 1. The number of carbonyl (C=O) groups excluding carboxylic acids is 1. The summed E-state index contributed by atoms with van der Waals surface area (Å²) in [7, 11) is 0. The minimum Gasteiger partial charge on any atom is -0.490 e. The average molecular weight is 222 g/mol. The van der Waals surface area contributed by atoms with E-state index in [9.17, 15) is 4.79 Å². The maximum Gasteiger partial charge on any atom is 0.172 e. The van der Waals surface area contributed by atoms with Gasteiger partial charge >= 0.3 is 0 Å². The predicted molar refractivity (Wildman–Crippen MR) is 62.8 cm³/mol. The monoisotopic (exact) mass is 222 g/mol. The molecule has 0 bridgehead atoms. The van der Waals surface area contributed by atoms with Crippen LogP contribution in [0.2, 0.25) is 0 Å². The lowest BCUT2D eigenvalue weighted by atomic mass is 10.1. The van der Waals surface area contributed by atoms with Gasteiger partial charge in [-0.1, -0.05) is 12.1 Å². The van der Waals surface area contributed by atoms with E-state index < -0.39 is 0 Å². The molecule has 1 saturated carbocycles. The van der Waals surface area contributed by atoms with Gasteiger partial charge in [0.1, 0.15) is 5.75 Å². The zero-order valence-corrected chi connectivity index (χ0v) is 9.55. The van der Waals surface area contributed by atoms with Crippen molar-refractivity contribution in [3.05, 3.63) is 29.8 Å². The molecule has 1 aromatic carbocycles. The Kier molecular flexibility index (Phi) is 3.31. The molecule has 1 aromatic rings. The third-order valence-electron chi connectivity index (χ3n) is 2.26. The minimum atomic E-state index is 0.170. The second-order valence-corrected chi connectivity index (χ2v) is 4.57. The van der Waals surface area contributed by atoms with Gasteiger partial charge in [0.15, 0.2) is 5.78 Å². The molecule has 3 heteroatoms. The summed E-state index contributed by atoms with van der Waals surface area (Å²) in [6.07, 6.45) is 4.60. The minimum absolute atomic E-state index is 0.170. The van der Waals surface area contributed by atoms with E-state index in [0.717, 1.165) is 24.2 Å². The Hall–Kier alpha value is -0.960. The van der Waals surface area contributed by atoms with Gasteiger partial charge in [-0.05, 0) is 31.2 Å². The van der Waals surface area contributed by atoms with Gasteiger partial charge in [-0.3, -0.25) is 4.79 Å². The first-order valence-corrected chi connectivity index (χ1v) is 6.48. The molecule has 0 radical (unpaired) electrons. The summed E-state index contributed by atoms with van der Waals surface area (Å²) in [5, 5.41) is 0. The number of Topliss-reactive ketones (excluding diaryl/α,β-unsaturated/α-hetero) is 1. The number of hydrogen-bond donors (Lipinski definition) is 0. The summed E-state index contributed by atoms with van der Waals surface area (Å²) in [5.41, 5.74) is 0.752. The third-order valence-corrected chi connectivity index (χ3v) is 2.81. The molecule has 0 unspecified atom stereocenters. The van der Waals surface area contributed by atoms with Crippen LogP contribution in [0.15, 0.2) is 24.3 Å². The lowest BCUT2D eigenvalue weighted by Crippen LogP contribution is -2.03. The van der Waals surface area contributed by atoms with Crippen molar-refractivity contribution in [1.82, 2.24) is 0 Å². The molecular formula is C12H14O2S. The molecule has 1 fully saturated rings. The van der Waals surface area contributed by atoms with Gasteiger partial charge in [0.05, 0.1) is 11.9 Å². The molecule has 0 aromatic heterocycles. The maximum atomic E-state index is 11.6. The van der Waals surface area contributed by atoms with E-state index in [1.54, 1.807) is 11.8 Å². The Morgan fingerprint density at radius 2 is 2.33 bits per heavy atom. The summed E-state index contributed by atoms with van der Waals surface area (Å²) in [4.78, 5) is 11.6. The quantitative estimate of drug-likeness (QED) is 0.717.